The van der Waals surface area contributed by atoms with Gasteiger partial charge in [-0.3, -0.25) is 0 Å². The second-order valence-corrected chi connectivity index (χ2v) is 5.38. The van der Waals surface area contributed by atoms with E-state index in [0.717, 1.165) is 24.9 Å². The van der Waals surface area contributed by atoms with E-state index in [2.05, 4.69) is 11.9 Å². The maximum absolute atomic E-state index is 13.1. The van der Waals surface area contributed by atoms with Crippen LogP contribution in [-0.2, 0) is 6.42 Å². The van der Waals surface area contributed by atoms with Crippen molar-refractivity contribution in [2.75, 3.05) is 13.6 Å². The van der Waals surface area contributed by atoms with Crippen LogP contribution in [0.2, 0.25) is 0 Å². The van der Waals surface area contributed by atoms with Gasteiger partial charge in [0.25, 0.3) is 0 Å². The van der Waals surface area contributed by atoms with Crippen LogP contribution in [0.3, 0.4) is 0 Å². The van der Waals surface area contributed by atoms with Crippen LogP contribution in [0.4, 0.5) is 4.39 Å². The van der Waals surface area contributed by atoms with Gasteiger partial charge in [0.15, 0.2) is 0 Å². The topological polar surface area (TPSA) is 29.3 Å². The Labute approximate surface area is 109 Å². The largest absolute Gasteiger partial charge is 0.326 e. The molecule has 1 aliphatic carbocycles. The minimum absolute atomic E-state index is 0.149. The van der Waals surface area contributed by atoms with Gasteiger partial charge in [-0.2, -0.15) is 0 Å². The van der Waals surface area contributed by atoms with Crippen LogP contribution < -0.4 is 5.73 Å². The van der Waals surface area contributed by atoms with E-state index in [1.54, 1.807) is 12.1 Å². The Kier molecular flexibility index (Phi) is 4.72. The zero-order valence-corrected chi connectivity index (χ0v) is 11.1. The predicted molar refractivity (Wildman–Crippen MR) is 73.0 cm³/mol. The number of halogens is 1. The Morgan fingerprint density at radius 3 is 2.83 bits per heavy atom. The van der Waals surface area contributed by atoms with Crippen molar-refractivity contribution < 1.29 is 4.39 Å². The summed E-state index contributed by atoms with van der Waals surface area (Å²) in [7, 11) is 2.13. The SMILES string of the molecule is CN(CCc1cccc(F)c1)C1CCCCC1N. The van der Waals surface area contributed by atoms with Crippen LogP contribution in [-0.4, -0.2) is 30.6 Å². The van der Waals surface area contributed by atoms with Crippen molar-refractivity contribution in [3.05, 3.63) is 35.6 Å². The molecule has 0 aromatic heterocycles. The molecule has 1 fully saturated rings. The summed E-state index contributed by atoms with van der Waals surface area (Å²) in [5.41, 5.74) is 7.23. The molecule has 1 aliphatic rings. The quantitative estimate of drug-likeness (QED) is 0.890. The lowest BCUT2D eigenvalue weighted by Gasteiger charge is -2.36. The van der Waals surface area contributed by atoms with Crippen LogP contribution in [0.5, 0.6) is 0 Å². The molecule has 0 bridgehead atoms. The van der Waals surface area contributed by atoms with E-state index < -0.39 is 0 Å². The first-order valence-corrected chi connectivity index (χ1v) is 6.87. The number of hydrogen-bond donors (Lipinski definition) is 1. The molecule has 0 aliphatic heterocycles. The van der Waals surface area contributed by atoms with E-state index in [-0.39, 0.29) is 5.82 Å². The molecule has 1 saturated carbocycles. The van der Waals surface area contributed by atoms with Gasteiger partial charge in [-0.15, -0.1) is 0 Å². The highest BCUT2D eigenvalue weighted by Crippen LogP contribution is 2.21. The molecular formula is C15H23FN2. The van der Waals surface area contributed by atoms with Gasteiger partial charge in [0.1, 0.15) is 5.82 Å². The second kappa shape index (κ2) is 6.30. The Bertz CT molecular complexity index is 381. The van der Waals surface area contributed by atoms with Gasteiger partial charge < -0.3 is 10.6 Å². The molecule has 2 rings (SSSR count). The summed E-state index contributed by atoms with van der Waals surface area (Å²) in [6.07, 6.45) is 5.76. The van der Waals surface area contributed by atoms with E-state index in [1.165, 1.54) is 25.3 Å². The summed E-state index contributed by atoms with van der Waals surface area (Å²) in [5, 5.41) is 0. The van der Waals surface area contributed by atoms with Crippen molar-refractivity contribution in [3.8, 4) is 0 Å². The van der Waals surface area contributed by atoms with Crippen LogP contribution >= 0.6 is 0 Å². The molecule has 2 atom stereocenters. The molecule has 2 unspecified atom stereocenters. The Morgan fingerprint density at radius 2 is 2.11 bits per heavy atom. The molecule has 3 heteroatoms. The molecule has 100 valence electrons. The average molecular weight is 250 g/mol. The fourth-order valence-corrected chi connectivity index (χ4v) is 2.85. The highest BCUT2D eigenvalue weighted by atomic mass is 19.1. The van der Waals surface area contributed by atoms with Gasteiger partial charge >= 0.3 is 0 Å². The maximum Gasteiger partial charge on any atom is 0.123 e. The Morgan fingerprint density at radius 1 is 1.33 bits per heavy atom. The van der Waals surface area contributed by atoms with Crippen LogP contribution in [0, 0.1) is 5.82 Å². The zero-order chi connectivity index (χ0) is 13.0. The van der Waals surface area contributed by atoms with Crippen LogP contribution in [0.1, 0.15) is 31.2 Å². The fourth-order valence-electron chi connectivity index (χ4n) is 2.85. The number of rotatable bonds is 4. The lowest BCUT2D eigenvalue weighted by Crippen LogP contribution is -2.48. The molecule has 0 spiro atoms. The molecule has 1 aromatic rings. The molecule has 0 amide bonds. The van der Waals surface area contributed by atoms with Crippen molar-refractivity contribution >= 4 is 0 Å². The summed E-state index contributed by atoms with van der Waals surface area (Å²) >= 11 is 0. The molecule has 1 aromatic carbocycles. The standard InChI is InChI=1S/C15H23FN2/c1-18(15-8-3-2-7-14(15)17)10-9-12-5-4-6-13(16)11-12/h4-6,11,14-15H,2-3,7-10,17H2,1H3. The zero-order valence-electron chi connectivity index (χ0n) is 11.1. The molecule has 0 heterocycles. The molecular weight excluding hydrogens is 227 g/mol. The van der Waals surface area contributed by atoms with Gasteiger partial charge in [0, 0.05) is 18.6 Å². The molecule has 0 saturated heterocycles. The van der Waals surface area contributed by atoms with Gasteiger partial charge in [0.2, 0.25) is 0 Å². The fraction of sp³-hybridized carbons (Fsp3) is 0.600. The molecule has 2 nitrogen and oxygen atoms in total. The van der Waals surface area contributed by atoms with Crippen LogP contribution in [0.15, 0.2) is 24.3 Å². The second-order valence-electron chi connectivity index (χ2n) is 5.38. The number of nitrogens with two attached hydrogens (primary N) is 1. The van der Waals surface area contributed by atoms with Crippen molar-refractivity contribution in [2.45, 2.75) is 44.2 Å². The first-order valence-electron chi connectivity index (χ1n) is 6.87. The third-order valence-electron chi connectivity index (χ3n) is 3.99. The predicted octanol–water partition coefficient (Wildman–Crippen LogP) is 2.57. The summed E-state index contributed by atoms with van der Waals surface area (Å²) in [5.74, 6) is -0.149. The lowest BCUT2D eigenvalue weighted by molar-refractivity contribution is 0.171. The highest BCUT2D eigenvalue weighted by molar-refractivity contribution is 5.16. The van der Waals surface area contributed by atoms with E-state index >= 15 is 0 Å². The summed E-state index contributed by atoms with van der Waals surface area (Å²) in [4.78, 5) is 2.34. The maximum atomic E-state index is 13.1. The van der Waals surface area contributed by atoms with Crippen molar-refractivity contribution in [1.29, 1.82) is 0 Å². The number of nitrogens with zero attached hydrogens (tertiary/aromatic N) is 1. The Hall–Kier alpha value is -0.930. The lowest BCUT2D eigenvalue weighted by atomic mass is 9.90. The number of likely N-dealkylation sites (N-methyl/N-ethyl adjacent to an activating group) is 1. The third-order valence-corrected chi connectivity index (χ3v) is 3.99. The first-order chi connectivity index (χ1) is 8.66. The highest BCUT2D eigenvalue weighted by Gasteiger charge is 2.24. The van der Waals surface area contributed by atoms with Crippen molar-refractivity contribution in [2.24, 2.45) is 5.73 Å². The summed E-state index contributed by atoms with van der Waals surface area (Å²) < 4.78 is 13.1. The van der Waals surface area contributed by atoms with Gasteiger partial charge in [-0.1, -0.05) is 25.0 Å². The van der Waals surface area contributed by atoms with Gasteiger partial charge in [-0.25, -0.2) is 4.39 Å². The monoisotopic (exact) mass is 250 g/mol. The number of hydrogen-bond acceptors (Lipinski definition) is 2. The Balaban J connectivity index is 1.85. The molecule has 0 radical (unpaired) electrons. The normalized spacial score (nSPS) is 24.4. The minimum atomic E-state index is -0.149. The molecule has 2 N–H and O–H groups in total. The van der Waals surface area contributed by atoms with Gasteiger partial charge in [-0.05, 0) is 44.0 Å². The van der Waals surface area contributed by atoms with E-state index in [0.29, 0.717) is 12.1 Å². The first kappa shape index (κ1) is 13.5. The van der Waals surface area contributed by atoms with Crippen LogP contribution in [0.25, 0.3) is 0 Å². The van der Waals surface area contributed by atoms with Crippen molar-refractivity contribution in [3.63, 3.8) is 0 Å². The third kappa shape index (κ3) is 3.53. The van der Waals surface area contributed by atoms with E-state index in [4.69, 9.17) is 5.73 Å². The van der Waals surface area contributed by atoms with E-state index in [9.17, 15) is 4.39 Å². The average Bonchev–Trinajstić information content (AvgIpc) is 2.37. The van der Waals surface area contributed by atoms with Crippen molar-refractivity contribution in [1.82, 2.24) is 4.90 Å². The van der Waals surface area contributed by atoms with E-state index in [1.807, 2.05) is 6.07 Å². The smallest absolute Gasteiger partial charge is 0.123 e. The number of benzene rings is 1. The van der Waals surface area contributed by atoms with Gasteiger partial charge in [0.05, 0.1) is 0 Å². The summed E-state index contributed by atoms with van der Waals surface area (Å²) in [6, 6.07) is 7.66. The molecule has 18 heavy (non-hydrogen) atoms. The summed E-state index contributed by atoms with van der Waals surface area (Å²) in [6.45, 7) is 0.946. The minimum Gasteiger partial charge on any atom is -0.326 e.